The minimum absolute atomic E-state index is 0. The van der Waals surface area contributed by atoms with Gasteiger partial charge in [-0.25, -0.2) is 0 Å². The Balaban J connectivity index is 0.00000280. The normalized spacial score (nSPS) is 16.0. The molecule has 1 unspecified atom stereocenters. The molecule has 6 nitrogen and oxygen atoms in total. The molecule has 2 N–H and O–H groups in total. The van der Waals surface area contributed by atoms with Crippen molar-refractivity contribution in [1.29, 1.82) is 0 Å². The SMILES string of the molecule is COc1cccc(C(=O)N2CCN(C(=O)C(C)(N)c3ccccc3)CC2)c1.Cl. The van der Waals surface area contributed by atoms with Crippen molar-refractivity contribution in [1.82, 2.24) is 9.80 Å². The van der Waals surface area contributed by atoms with Gasteiger partial charge in [-0.3, -0.25) is 9.59 Å². The lowest BCUT2D eigenvalue weighted by Crippen LogP contribution is -2.57. The molecule has 1 fully saturated rings. The highest BCUT2D eigenvalue weighted by Crippen LogP contribution is 2.22. The number of nitrogens with two attached hydrogens (primary N) is 1. The first kappa shape index (κ1) is 21.7. The topological polar surface area (TPSA) is 75.9 Å². The van der Waals surface area contributed by atoms with Gasteiger partial charge in [0.15, 0.2) is 0 Å². The van der Waals surface area contributed by atoms with Crippen LogP contribution in [0.2, 0.25) is 0 Å². The van der Waals surface area contributed by atoms with Crippen LogP contribution in [0.5, 0.6) is 5.75 Å². The minimum atomic E-state index is -1.08. The van der Waals surface area contributed by atoms with Gasteiger partial charge in [0.25, 0.3) is 5.91 Å². The second kappa shape index (κ2) is 9.08. The number of benzene rings is 2. The van der Waals surface area contributed by atoms with Gasteiger partial charge in [-0.2, -0.15) is 0 Å². The molecule has 0 aliphatic carbocycles. The zero-order valence-electron chi connectivity index (χ0n) is 16.1. The van der Waals surface area contributed by atoms with E-state index in [4.69, 9.17) is 10.5 Å². The number of rotatable bonds is 4. The van der Waals surface area contributed by atoms with Crippen LogP contribution >= 0.6 is 12.4 Å². The molecule has 0 radical (unpaired) electrons. The van der Waals surface area contributed by atoms with E-state index in [1.807, 2.05) is 30.3 Å². The highest BCUT2D eigenvalue weighted by Gasteiger charge is 2.36. The number of carbonyl (C=O) groups excluding carboxylic acids is 2. The number of hydrogen-bond acceptors (Lipinski definition) is 4. The third-order valence-corrected chi connectivity index (χ3v) is 4.99. The zero-order valence-corrected chi connectivity index (χ0v) is 16.9. The van der Waals surface area contributed by atoms with Crippen LogP contribution in [-0.4, -0.2) is 54.9 Å². The lowest BCUT2D eigenvalue weighted by Gasteiger charge is -2.38. The van der Waals surface area contributed by atoms with E-state index in [1.54, 1.807) is 48.1 Å². The number of piperazine rings is 1. The number of halogens is 1. The van der Waals surface area contributed by atoms with E-state index in [9.17, 15) is 9.59 Å². The summed E-state index contributed by atoms with van der Waals surface area (Å²) in [7, 11) is 1.57. The van der Waals surface area contributed by atoms with Gasteiger partial charge < -0.3 is 20.3 Å². The highest BCUT2D eigenvalue weighted by atomic mass is 35.5. The number of ether oxygens (including phenoxy) is 1. The lowest BCUT2D eigenvalue weighted by atomic mass is 9.91. The van der Waals surface area contributed by atoms with E-state index in [-0.39, 0.29) is 24.2 Å². The summed E-state index contributed by atoms with van der Waals surface area (Å²) < 4.78 is 5.18. The second-order valence-corrected chi connectivity index (χ2v) is 6.88. The molecule has 1 aliphatic rings. The first-order valence-corrected chi connectivity index (χ1v) is 9.00. The van der Waals surface area contributed by atoms with Crippen molar-refractivity contribution in [3.8, 4) is 5.75 Å². The zero-order chi connectivity index (χ0) is 19.4. The van der Waals surface area contributed by atoms with Crippen molar-refractivity contribution in [3.63, 3.8) is 0 Å². The van der Waals surface area contributed by atoms with Crippen LogP contribution in [0.1, 0.15) is 22.8 Å². The summed E-state index contributed by atoms with van der Waals surface area (Å²) in [6.07, 6.45) is 0. The summed E-state index contributed by atoms with van der Waals surface area (Å²) in [6.45, 7) is 3.63. The third kappa shape index (κ3) is 4.46. The number of carbonyl (C=O) groups is 2. The summed E-state index contributed by atoms with van der Waals surface area (Å²) >= 11 is 0. The van der Waals surface area contributed by atoms with Gasteiger partial charge in [0.05, 0.1) is 7.11 Å². The van der Waals surface area contributed by atoms with Crippen LogP contribution in [0, 0.1) is 0 Å². The molecule has 28 heavy (non-hydrogen) atoms. The molecular weight excluding hydrogens is 378 g/mol. The van der Waals surface area contributed by atoms with Crippen LogP contribution < -0.4 is 10.5 Å². The Hall–Kier alpha value is -2.57. The van der Waals surface area contributed by atoms with Crippen molar-refractivity contribution < 1.29 is 14.3 Å². The average molecular weight is 404 g/mol. The van der Waals surface area contributed by atoms with Crippen molar-refractivity contribution >= 4 is 24.2 Å². The van der Waals surface area contributed by atoms with Gasteiger partial charge in [0.2, 0.25) is 5.91 Å². The molecule has 2 amide bonds. The smallest absolute Gasteiger partial charge is 0.254 e. The van der Waals surface area contributed by atoms with E-state index in [1.165, 1.54) is 0 Å². The predicted octanol–water partition coefficient (Wildman–Crippen LogP) is 2.28. The molecule has 2 aromatic carbocycles. The molecule has 3 rings (SSSR count). The highest BCUT2D eigenvalue weighted by molar-refractivity contribution is 5.95. The fourth-order valence-electron chi connectivity index (χ4n) is 3.29. The van der Waals surface area contributed by atoms with Crippen LogP contribution in [-0.2, 0) is 10.3 Å². The Morgan fingerprint density at radius 3 is 2.18 bits per heavy atom. The van der Waals surface area contributed by atoms with E-state index in [0.29, 0.717) is 37.5 Å². The molecule has 0 aromatic heterocycles. The molecule has 1 aliphatic heterocycles. The molecule has 1 heterocycles. The number of hydrogen-bond donors (Lipinski definition) is 1. The molecule has 1 atom stereocenters. The van der Waals surface area contributed by atoms with Crippen LogP contribution in [0.15, 0.2) is 54.6 Å². The molecule has 0 bridgehead atoms. The average Bonchev–Trinajstić information content (AvgIpc) is 2.73. The van der Waals surface area contributed by atoms with Gasteiger partial charge in [-0.05, 0) is 30.7 Å². The van der Waals surface area contributed by atoms with Gasteiger partial charge in [-0.1, -0.05) is 36.4 Å². The van der Waals surface area contributed by atoms with E-state index < -0.39 is 5.54 Å². The predicted molar refractivity (Wildman–Crippen MR) is 111 cm³/mol. The van der Waals surface area contributed by atoms with Gasteiger partial charge in [0.1, 0.15) is 11.3 Å². The van der Waals surface area contributed by atoms with E-state index in [0.717, 1.165) is 5.56 Å². The quantitative estimate of drug-likeness (QED) is 0.849. The number of amides is 2. The van der Waals surface area contributed by atoms with Crippen LogP contribution in [0.25, 0.3) is 0 Å². The Morgan fingerprint density at radius 2 is 1.57 bits per heavy atom. The Labute approximate surface area is 171 Å². The Kier molecular flexibility index (Phi) is 7.05. The summed E-state index contributed by atoms with van der Waals surface area (Å²) in [4.78, 5) is 29.1. The second-order valence-electron chi connectivity index (χ2n) is 6.88. The van der Waals surface area contributed by atoms with Crippen molar-refractivity contribution in [2.75, 3.05) is 33.3 Å². The standard InChI is InChI=1S/C21H25N3O3.ClH/c1-21(22,17-8-4-3-5-9-17)20(26)24-13-11-23(12-14-24)19(25)16-7-6-10-18(15-16)27-2;/h3-10,15H,11-14,22H2,1-2H3;1H. The first-order chi connectivity index (χ1) is 12.9. The van der Waals surface area contributed by atoms with Gasteiger partial charge in [-0.15, -0.1) is 12.4 Å². The van der Waals surface area contributed by atoms with Crippen LogP contribution in [0.4, 0.5) is 0 Å². The maximum atomic E-state index is 12.9. The number of methoxy groups -OCH3 is 1. The van der Waals surface area contributed by atoms with Crippen molar-refractivity contribution in [2.45, 2.75) is 12.5 Å². The molecule has 0 spiro atoms. The van der Waals surface area contributed by atoms with Crippen LogP contribution in [0.3, 0.4) is 0 Å². The summed E-state index contributed by atoms with van der Waals surface area (Å²) in [5, 5.41) is 0. The monoisotopic (exact) mass is 403 g/mol. The lowest BCUT2D eigenvalue weighted by molar-refractivity contribution is -0.138. The Bertz CT molecular complexity index is 819. The first-order valence-electron chi connectivity index (χ1n) is 9.00. The van der Waals surface area contributed by atoms with Crippen molar-refractivity contribution in [2.24, 2.45) is 5.73 Å². The summed E-state index contributed by atoms with van der Waals surface area (Å²) in [6, 6.07) is 16.5. The molecule has 0 saturated carbocycles. The molecular formula is C21H26ClN3O3. The molecule has 2 aromatic rings. The summed E-state index contributed by atoms with van der Waals surface area (Å²) in [5.41, 5.74) is 6.63. The van der Waals surface area contributed by atoms with Gasteiger partial charge >= 0.3 is 0 Å². The minimum Gasteiger partial charge on any atom is -0.497 e. The van der Waals surface area contributed by atoms with E-state index in [2.05, 4.69) is 0 Å². The molecule has 7 heteroatoms. The maximum absolute atomic E-state index is 12.9. The Morgan fingerprint density at radius 1 is 0.964 bits per heavy atom. The fraction of sp³-hybridized carbons (Fsp3) is 0.333. The molecule has 150 valence electrons. The van der Waals surface area contributed by atoms with Gasteiger partial charge in [0, 0.05) is 31.7 Å². The maximum Gasteiger partial charge on any atom is 0.254 e. The summed E-state index contributed by atoms with van der Waals surface area (Å²) in [5.74, 6) is 0.471. The number of nitrogens with zero attached hydrogens (tertiary/aromatic N) is 2. The molecule has 1 saturated heterocycles. The largest absolute Gasteiger partial charge is 0.497 e. The van der Waals surface area contributed by atoms with E-state index >= 15 is 0 Å². The fourth-order valence-corrected chi connectivity index (χ4v) is 3.29. The third-order valence-electron chi connectivity index (χ3n) is 4.99. The van der Waals surface area contributed by atoms with Crippen molar-refractivity contribution in [3.05, 3.63) is 65.7 Å².